The fourth-order valence-corrected chi connectivity index (χ4v) is 3.39. The van der Waals surface area contributed by atoms with E-state index < -0.39 is 22.8 Å². The van der Waals surface area contributed by atoms with E-state index in [1.165, 1.54) is 25.3 Å². The molecule has 2 aromatic rings. The van der Waals surface area contributed by atoms with Gasteiger partial charge in [0.05, 0.1) is 15.6 Å². The van der Waals surface area contributed by atoms with Gasteiger partial charge in [-0.25, -0.2) is 4.79 Å². The molecule has 0 aromatic heterocycles. The van der Waals surface area contributed by atoms with Crippen molar-refractivity contribution in [2.45, 2.75) is 6.61 Å². The van der Waals surface area contributed by atoms with Crippen LogP contribution in [-0.2, 0) is 16.2 Å². The fourth-order valence-electron chi connectivity index (χ4n) is 2.61. The van der Waals surface area contributed by atoms with Crippen LogP contribution in [0.5, 0.6) is 11.5 Å². The number of methoxy groups -OCH3 is 1. The van der Waals surface area contributed by atoms with Crippen LogP contribution in [0.4, 0.5) is 10.5 Å². The van der Waals surface area contributed by atoms with Crippen LogP contribution in [0.25, 0.3) is 6.08 Å². The number of benzene rings is 2. The molecule has 0 aliphatic carbocycles. The van der Waals surface area contributed by atoms with Gasteiger partial charge in [0.2, 0.25) is 0 Å². The number of hydrogen-bond acceptors (Lipinski definition) is 7. The molecule has 1 fully saturated rings. The summed E-state index contributed by atoms with van der Waals surface area (Å²) in [7, 11) is 1.44. The second kappa shape index (κ2) is 8.90. The van der Waals surface area contributed by atoms with Crippen molar-refractivity contribution in [2.75, 3.05) is 7.11 Å². The van der Waals surface area contributed by atoms with Crippen LogP contribution in [0.2, 0.25) is 0 Å². The number of nitro groups is 1. The third-order valence-electron chi connectivity index (χ3n) is 4.04. The van der Waals surface area contributed by atoms with E-state index in [1.807, 2.05) is 33.2 Å². The highest BCUT2D eigenvalue weighted by atomic mass is 127. The molecule has 1 aliphatic rings. The number of amides is 4. The summed E-state index contributed by atoms with van der Waals surface area (Å²) in [5.41, 5.74) is 0.992. The monoisotopic (exact) mass is 523 g/mol. The summed E-state index contributed by atoms with van der Waals surface area (Å²) in [5, 5.41) is 14.7. The molecular weight excluding hydrogens is 509 g/mol. The summed E-state index contributed by atoms with van der Waals surface area (Å²) in [6.45, 7) is 0.151. The number of nitrogens with one attached hydrogen (secondary N) is 2. The van der Waals surface area contributed by atoms with Gasteiger partial charge in [-0.05, 0) is 64.1 Å². The summed E-state index contributed by atoms with van der Waals surface area (Å²) in [6.07, 6.45) is 1.34. The molecule has 0 spiro atoms. The van der Waals surface area contributed by atoms with Crippen molar-refractivity contribution in [3.8, 4) is 11.5 Å². The van der Waals surface area contributed by atoms with Crippen LogP contribution in [0, 0.1) is 13.7 Å². The second-order valence-corrected chi connectivity index (χ2v) is 7.20. The zero-order valence-electron chi connectivity index (χ0n) is 15.4. The number of ether oxygens (including phenoxy) is 2. The highest BCUT2D eigenvalue weighted by Crippen LogP contribution is 2.35. The number of carbonyl (C=O) groups excluding carboxylic acids is 3. The molecule has 0 saturated carbocycles. The minimum Gasteiger partial charge on any atom is -0.493 e. The maximum Gasteiger partial charge on any atom is 0.328 e. The molecule has 154 valence electrons. The van der Waals surface area contributed by atoms with Crippen LogP contribution >= 0.6 is 22.6 Å². The second-order valence-electron chi connectivity index (χ2n) is 6.04. The lowest BCUT2D eigenvalue weighted by Crippen LogP contribution is -2.51. The summed E-state index contributed by atoms with van der Waals surface area (Å²) >= 11 is 2.02. The number of barbiturate groups is 1. The molecular formula is C19H14IN3O7. The van der Waals surface area contributed by atoms with E-state index in [-0.39, 0.29) is 17.9 Å². The van der Waals surface area contributed by atoms with E-state index >= 15 is 0 Å². The topological polar surface area (TPSA) is 137 Å². The Morgan fingerprint density at radius 2 is 1.73 bits per heavy atom. The van der Waals surface area contributed by atoms with Gasteiger partial charge >= 0.3 is 6.03 Å². The van der Waals surface area contributed by atoms with Crippen molar-refractivity contribution in [3.05, 3.63) is 66.8 Å². The normalized spacial score (nSPS) is 13.4. The maximum atomic E-state index is 11.9. The van der Waals surface area contributed by atoms with Crippen molar-refractivity contribution < 1.29 is 28.8 Å². The molecule has 10 nitrogen and oxygen atoms in total. The first kappa shape index (κ1) is 21.2. The van der Waals surface area contributed by atoms with Crippen molar-refractivity contribution in [3.63, 3.8) is 0 Å². The van der Waals surface area contributed by atoms with E-state index in [2.05, 4.69) is 0 Å². The Hall–Kier alpha value is -3.48. The summed E-state index contributed by atoms with van der Waals surface area (Å²) < 4.78 is 11.8. The predicted octanol–water partition coefficient (Wildman–Crippen LogP) is 2.54. The largest absolute Gasteiger partial charge is 0.493 e. The number of carbonyl (C=O) groups is 3. The Morgan fingerprint density at radius 1 is 1.10 bits per heavy atom. The maximum absolute atomic E-state index is 11.9. The first-order valence-electron chi connectivity index (χ1n) is 8.40. The molecule has 30 heavy (non-hydrogen) atoms. The molecule has 0 radical (unpaired) electrons. The molecule has 1 aliphatic heterocycles. The van der Waals surface area contributed by atoms with Gasteiger partial charge in [0.25, 0.3) is 17.5 Å². The standard InChI is InChI=1S/C19H14IN3O7/c1-29-15-8-11(6-13-17(24)21-19(26)22-18(13)25)7-14(20)16(15)30-9-10-2-4-12(5-3-10)23(27)28/h2-8H,9H2,1H3,(H2,21,22,24,25,26). The Bertz CT molecular complexity index is 1060. The van der Waals surface area contributed by atoms with E-state index in [0.29, 0.717) is 20.6 Å². The zero-order valence-corrected chi connectivity index (χ0v) is 17.6. The van der Waals surface area contributed by atoms with E-state index in [1.54, 1.807) is 24.3 Å². The average Bonchev–Trinajstić information content (AvgIpc) is 2.69. The van der Waals surface area contributed by atoms with Crippen LogP contribution in [0.1, 0.15) is 11.1 Å². The molecule has 3 rings (SSSR count). The molecule has 11 heteroatoms. The summed E-state index contributed by atoms with van der Waals surface area (Å²) in [6, 6.07) is 8.36. The van der Waals surface area contributed by atoms with Crippen molar-refractivity contribution in [1.29, 1.82) is 0 Å². The van der Waals surface area contributed by atoms with Gasteiger partial charge in [-0.1, -0.05) is 0 Å². The first-order valence-corrected chi connectivity index (χ1v) is 9.48. The number of nitrogens with zero attached hydrogens (tertiary/aromatic N) is 1. The number of hydrogen-bond donors (Lipinski definition) is 2. The Balaban J connectivity index is 1.83. The number of nitro benzene ring substituents is 1. The van der Waals surface area contributed by atoms with E-state index in [9.17, 15) is 24.5 Å². The molecule has 1 saturated heterocycles. The number of non-ortho nitro benzene ring substituents is 1. The third-order valence-corrected chi connectivity index (χ3v) is 4.84. The SMILES string of the molecule is COc1cc(C=C2C(=O)NC(=O)NC2=O)cc(I)c1OCc1ccc([N+](=O)[O-])cc1. The zero-order chi connectivity index (χ0) is 21.8. The smallest absolute Gasteiger partial charge is 0.328 e. The van der Waals surface area contributed by atoms with Gasteiger partial charge in [0, 0.05) is 12.1 Å². The van der Waals surface area contributed by atoms with Crippen LogP contribution in [0.3, 0.4) is 0 Å². The minimum atomic E-state index is -0.871. The highest BCUT2D eigenvalue weighted by Gasteiger charge is 2.27. The van der Waals surface area contributed by atoms with Gasteiger partial charge in [0.1, 0.15) is 12.2 Å². The van der Waals surface area contributed by atoms with Gasteiger partial charge in [-0.2, -0.15) is 0 Å². The molecule has 2 aromatic carbocycles. The van der Waals surface area contributed by atoms with Gasteiger partial charge < -0.3 is 9.47 Å². The lowest BCUT2D eigenvalue weighted by atomic mass is 10.1. The van der Waals surface area contributed by atoms with Gasteiger partial charge in [0.15, 0.2) is 11.5 Å². The molecule has 1 heterocycles. The van der Waals surface area contributed by atoms with Gasteiger partial charge in [-0.3, -0.25) is 30.3 Å². The first-order chi connectivity index (χ1) is 14.3. The predicted molar refractivity (Wildman–Crippen MR) is 113 cm³/mol. The van der Waals surface area contributed by atoms with E-state index in [4.69, 9.17) is 9.47 Å². The van der Waals surface area contributed by atoms with Crippen LogP contribution < -0.4 is 20.1 Å². The summed E-state index contributed by atoms with van der Waals surface area (Å²) in [5.74, 6) is -0.790. The quantitative estimate of drug-likeness (QED) is 0.195. The number of halogens is 1. The van der Waals surface area contributed by atoms with Crippen molar-refractivity contribution >= 4 is 52.2 Å². The molecule has 2 N–H and O–H groups in total. The fraction of sp³-hybridized carbons (Fsp3) is 0.105. The number of imide groups is 2. The number of urea groups is 1. The van der Waals surface area contributed by atoms with E-state index in [0.717, 1.165) is 5.56 Å². The lowest BCUT2D eigenvalue weighted by Gasteiger charge is -2.16. The lowest BCUT2D eigenvalue weighted by molar-refractivity contribution is -0.384. The third kappa shape index (κ3) is 4.74. The van der Waals surface area contributed by atoms with Crippen molar-refractivity contribution in [2.24, 2.45) is 0 Å². The molecule has 0 bridgehead atoms. The Morgan fingerprint density at radius 3 is 2.30 bits per heavy atom. The summed E-state index contributed by atoms with van der Waals surface area (Å²) in [4.78, 5) is 45.2. The molecule has 4 amide bonds. The molecule has 0 atom stereocenters. The Labute approximate surface area is 183 Å². The van der Waals surface area contributed by atoms with Gasteiger partial charge in [-0.15, -0.1) is 0 Å². The highest BCUT2D eigenvalue weighted by molar-refractivity contribution is 14.1. The van der Waals surface area contributed by atoms with Crippen LogP contribution in [-0.4, -0.2) is 29.9 Å². The minimum absolute atomic E-state index is 0.0132. The average molecular weight is 523 g/mol. The van der Waals surface area contributed by atoms with Crippen LogP contribution in [0.15, 0.2) is 42.0 Å². The van der Waals surface area contributed by atoms with Crippen molar-refractivity contribution in [1.82, 2.24) is 10.6 Å². The molecule has 0 unspecified atom stereocenters. The Kier molecular flexibility index (Phi) is 6.30. The number of rotatable bonds is 6.